The lowest BCUT2D eigenvalue weighted by Gasteiger charge is -2.10. The average molecular weight is 248 g/mol. The number of carbonyl (C=O) groups excluding carboxylic acids is 2. The van der Waals surface area contributed by atoms with Gasteiger partial charge in [-0.1, -0.05) is 23.8 Å². The normalized spacial score (nSPS) is 10.5. The van der Waals surface area contributed by atoms with Crippen molar-refractivity contribution in [1.82, 2.24) is 10.2 Å². The lowest BCUT2D eigenvalue weighted by molar-refractivity contribution is -0.117. The van der Waals surface area contributed by atoms with Gasteiger partial charge in [-0.05, 0) is 33.5 Å². The molecule has 0 saturated heterocycles. The van der Waals surface area contributed by atoms with Gasteiger partial charge in [0.15, 0.2) is 0 Å². The number of hydrogen-bond acceptors (Lipinski definition) is 3. The number of carbonyl (C=O) groups is 2. The molecule has 1 rings (SSSR count). The number of ketones is 1. The second-order valence-electron chi connectivity index (χ2n) is 4.71. The highest BCUT2D eigenvalue weighted by atomic mass is 16.2. The Morgan fingerprint density at radius 3 is 2.44 bits per heavy atom. The summed E-state index contributed by atoms with van der Waals surface area (Å²) in [4.78, 5) is 25.6. The third-order valence-corrected chi connectivity index (χ3v) is 2.68. The molecule has 0 spiro atoms. The number of Topliss-reactive ketones (excluding diaryl/α,β-unsaturated/α-hetero) is 1. The van der Waals surface area contributed by atoms with Crippen LogP contribution >= 0.6 is 0 Å². The lowest BCUT2D eigenvalue weighted by atomic mass is 10.0. The van der Waals surface area contributed by atoms with E-state index in [0.29, 0.717) is 18.7 Å². The minimum Gasteiger partial charge on any atom is -0.348 e. The van der Waals surface area contributed by atoms with Crippen molar-refractivity contribution in [1.29, 1.82) is 0 Å². The summed E-state index contributed by atoms with van der Waals surface area (Å²) in [5.74, 6) is -1.00. The average Bonchev–Trinajstić information content (AvgIpc) is 2.27. The first kappa shape index (κ1) is 14.4. The van der Waals surface area contributed by atoms with Crippen LogP contribution in [0.15, 0.2) is 18.2 Å². The van der Waals surface area contributed by atoms with E-state index in [1.807, 2.05) is 45.0 Å². The largest absolute Gasteiger partial charge is 0.348 e. The van der Waals surface area contributed by atoms with Gasteiger partial charge in [-0.15, -0.1) is 0 Å². The van der Waals surface area contributed by atoms with Crippen LogP contribution in [0.25, 0.3) is 0 Å². The summed E-state index contributed by atoms with van der Waals surface area (Å²) in [5, 5.41) is 2.62. The molecule has 0 aliphatic heterocycles. The van der Waals surface area contributed by atoms with Crippen LogP contribution in [0.3, 0.4) is 0 Å². The predicted molar refractivity (Wildman–Crippen MR) is 71.8 cm³/mol. The number of amides is 1. The summed E-state index contributed by atoms with van der Waals surface area (Å²) in [6, 6.07) is 5.45. The van der Waals surface area contributed by atoms with Crippen molar-refractivity contribution in [3.05, 3.63) is 34.9 Å². The summed E-state index contributed by atoms with van der Waals surface area (Å²) in [6.45, 7) is 4.99. The first-order valence-electron chi connectivity index (χ1n) is 5.96. The van der Waals surface area contributed by atoms with Gasteiger partial charge in [-0.3, -0.25) is 9.59 Å². The van der Waals surface area contributed by atoms with Gasteiger partial charge in [0, 0.05) is 18.7 Å². The van der Waals surface area contributed by atoms with Crippen LogP contribution in [-0.4, -0.2) is 43.8 Å². The van der Waals surface area contributed by atoms with Gasteiger partial charge in [-0.25, -0.2) is 0 Å². The molecule has 0 radical (unpaired) electrons. The highest BCUT2D eigenvalue weighted by Gasteiger charge is 2.17. The van der Waals surface area contributed by atoms with E-state index in [4.69, 9.17) is 0 Å². The smallest absolute Gasteiger partial charge is 0.292 e. The molecule has 0 saturated carbocycles. The minimum absolute atomic E-state index is 0.466. The van der Waals surface area contributed by atoms with E-state index in [1.54, 1.807) is 6.07 Å². The molecule has 1 amide bonds. The summed E-state index contributed by atoms with van der Waals surface area (Å²) < 4.78 is 0. The quantitative estimate of drug-likeness (QED) is 0.628. The number of aryl methyl sites for hydroxylation is 2. The molecule has 0 atom stereocenters. The first-order valence-corrected chi connectivity index (χ1v) is 5.96. The molecular weight excluding hydrogens is 228 g/mol. The van der Waals surface area contributed by atoms with Crippen molar-refractivity contribution >= 4 is 11.7 Å². The van der Waals surface area contributed by atoms with E-state index in [9.17, 15) is 9.59 Å². The molecule has 0 unspecified atom stereocenters. The SMILES string of the molecule is Cc1ccc(C(=O)C(=O)NCCN(C)C)c(C)c1. The van der Waals surface area contributed by atoms with Crippen molar-refractivity contribution in [2.24, 2.45) is 0 Å². The zero-order valence-corrected chi connectivity index (χ0v) is 11.4. The molecule has 18 heavy (non-hydrogen) atoms. The number of benzene rings is 1. The zero-order chi connectivity index (χ0) is 13.7. The molecule has 1 aromatic carbocycles. The summed E-state index contributed by atoms with van der Waals surface area (Å²) >= 11 is 0. The van der Waals surface area contributed by atoms with Crippen molar-refractivity contribution in [2.45, 2.75) is 13.8 Å². The second-order valence-corrected chi connectivity index (χ2v) is 4.71. The summed E-state index contributed by atoms with van der Waals surface area (Å²) in [6.07, 6.45) is 0. The molecule has 1 aromatic rings. The van der Waals surface area contributed by atoms with Crippen LogP contribution in [0.1, 0.15) is 21.5 Å². The van der Waals surface area contributed by atoms with Gasteiger partial charge in [0.05, 0.1) is 0 Å². The molecule has 0 aliphatic rings. The van der Waals surface area contributed by atoms with E-state index < -0.39 is 11.7 Å². The van der Waals surface area contributed by atoms with Gasteiger partial charge in [0.25, 0.3) is 5.91 Å². The van der Waals surface area contributed by atoms with E-state index in [0.717, 1.165) is 11.1 Å². The predicted octanol–water partition coefficient (Wildman–Crippen LogP) is 1.16. The molecular formula is C14H20N2O2. The fourth-order valence-electron chi connectivity index (χ4n) is 1.66. The number of nitrogens with zero attached hydrogens (tertiary/aromatic N) is 1. The van der Waals surface area contributed by atoms with Gasteiger partial charge in [0.1, 0.15) is 0 Å². The van der Waals surface area contributed by atoms with Crippen molar-refractivity contribution in [3.8, 4) is 0 Å². The fourth-order valence-corrected chi connectivity index (χ4v) is 1.66. The van der Waals surface area contributed by atoms with E-state index in [-0.39, 0.29) is 0 Å². The highest BCUT2D eigenvalue weighted by Crippen LogP contribution is 2.11. The molecule has 1 N–H and O–H groups in total. The Hall–Kier alpha value is -1.68. The van der Waals surface area contributed by atoms with Crippen LogP contribution in [0.5, 0.6) is 0 Å². The van der Waals surface area contributed by atoms with Crippen molar-refractivity contribution in [3.63, 3.8) is 0 Å². The Labute approximate surface area is 108 Å². The van der Waals surface area contributed by atoms with Crippen LogP contribution in [0, 0.1) is 13.8 Å². The van der Waals surface area contributed by atoms with Crippen LogP contribution in [0.2, 0.25) is 0 Å². The molecule has 98 valence electrons. The Balaban J connectivity index is 2.66. The molecule has 0 heterocycles. The molecule has 0 aliphatic carbocycles. The van der Waals surface area contributed by atoms with Crippen molar-refractivity contribution in [2.75, 3.05) is 27.2 Å². The molecule has 0 bridgehead atoms. The van der Waals surface area contributed by atoms with E-state index >= 15 is 0 Å². The van der Waals surface area contributed by atoms with Crippen LogP contribution in [0.4, 0.5) is 0 Å². The molecule has 0 fully saturated rings. The fraction of sp³-hybridized carbons (Fsp3) is 0.429. The maximum atomic E-state index is 11.9. The van der Waals surface area contributed by atoms with E-state index in [1.165, 1.54) is 0 Å². The first-order chi connectivity index (χ1) is 8.41. The Bertz CT molecular complexity index is 453. The third kappa shape index (κ3) is 3.96. The number of likely N-dealkylation sites (N-methyl/N-ethyl adjacent to an activating group) is 1. The third-order valence-electron chi connectivity index (χ3n) is 2.68. The maximum absolute atomic E-state index is 11.9. The summed E-state index contributed by atoms with van der Waals surface area (Å²) in [5.41, 5.74) is 2.39. The Kier molecular flexibility index (Phi) is 5.04. The van der Waals surface area contributed by atoms with Crippen LogP contribution < -0.4 is 5.32 Å². The summed E-state index contributed by atoms with van der Waals surface area (Å²) in [7, 11) is 3.83. The Morgan fingerprint density at radius 1 is 1.22 bits per heavy atom. The monoisotopic (exact) mass is 248 g/mol. The van der Waals surface area contributed by atoms with Gasteiger partial charge < -0.3 is 10.2 Å². The zero-order valence-electron chi connectivity index (χ0n) is 11.4. The maximum Gasteiger partial charge on any atom is 0.292 e. The molecule has 4 nitrogen and oxygen atoms in total. The topological polar surface area (TPSA) is 49.4 Å². The van der Waals surface area contributed by atoms with Gasteiger partial charge >= 0.3 is 0 Å². The lowest BCUT2D eigenvalue weighted by Crippen LogP contribution is -2.36. The molecule has 4 heteroatoms. The van der Waals surface area contributed by atoms with Crippen molar-refractivity contribution < 1.29 is 9.59 Å². The van der Waals surface area contributed by atoms with Gasteiger partial charge in [-0.2, -0.15) is 0 Å². The van der Waals surface area contributed by atoms with E-state index in [2.05, 4.69) is 5.32 Å². The van der Waals surface area contributed by atoms with Crippen LogP contribution in [-0.2, 0) is 4.79 Å². The number of rotatable bonds is 5. The second kappa shape index (κ2) is 6.31. The van der Waals surface area contributed by atoms with Gasteiger partial charge in [0.2, 0.25) is 5.78 Å². The number of hydrogen-bond donors (Lipinski definition) is 1. The Morgan fingerprint density at radius 2 is 1.89 bits per heavy atom. The standard InChI is InChI=1S/C14H20N2O2/c1-10-5-6-12(11(2)9-10)13(17)14(18)15-7-8-16(3)4/h5-6,9H,7-8H2,1-4H3,(H,15,18). The molecule has 0 aromatic heterocycles. The number of nitrogens with one attached hydrogen (secondary N) is 1. The highest BCUT2D eigenvalue weighted by molar-refractivity contribution is 6.43. The minimum atomic E-state index is -0.538.